The fraction of sp³-hybridized carbons (Fsp3) is 0.286. The van der Waals surface area contributed by atoms with Gasteiger partial charge in [0.2, 0.25) is 11.7 Å². The van der Waals surface area contributed by atoms with Gasteiger partial charge in [-0.2, -0.15) is 4.98 Å². The Balaban J connectivity index is 1.47. The Labute approximate surface area is 158 Å². The Hall–Kier alpha value is -3.15. The van der Waals surface area contributed by atoms with Gasteiger partial charge in [-0.3, -0.25) is 4.79 Å². The van der Waals surface area contributed by atoms with Crippen molar-refractivity contribution in [3.8, 4) is 17.1 Å². The second-order valence-corrected chi connectivity index (χ2v) is 6.42. The van der Waals surface area contributed by atoms with E-state index in [4.69, 9.17) is 9.26 Å². The van der Waals surface area contributed by atoms with E-state index < -0.39 is 6.10 Å². The first-order valence-electron chi connectivity index (χ1n) is 8.92. The van der Waals surface area contributed by atoms with Crippen LogP contribution in [-0.4, -0.2) is 28.7 Å². The molecule has 2 aromatic carbocycles. The highest BCUT2D eigenvalue weighted by atomic mass is 16.5. The van der Waals surface area contributed by atoms with Crippen molar-refractivity contribution in [2.75, 3.05) is 6.54 Å². The monoisotopic (exact) mass is 365 g/mol. The van der Waals surface area contributed by atoms with Gasteiger partial charge in [-0.15, -0.1) is 0 Å². The van der Waals surface area contributed by atoms with Gasteiger partial charge >= 0.3 is 0 Å². The van der Waals surface area contributed by atoms with Gasteiger partial charge in [0.1, 0.15) is 5.75 Å². The summed E-state index contributed by atoms with van der Waals surface area (Å²) < 4.78 is 11.0. The fourth-order valence-corrected chi connectivity index (χ4v) is 2.54. The van der Waals surface area contributed by atoms with E-state index in [9.17, 15) is 4.79 Å². The second kappa shape index (κ2) is 8.49. The molecule has 3 aromatic rings. The Bertz CT molecular complexity index is 906. The molecule has 1 amide bonds. The van der Waals surface area contributed by atoms with E-state index >= 15 is 0 Å². The van der Waals surface area contributed by atoms with Crippen LogP contribution in [0, 0.1) is 13.8 Å². The van der Waals surface area contributed by atoms with Gasteiger partial charge in [0, 0.05) is 18.5 Å². The lowest BCUT2D eigenvalue weighted by molar-refractivity contribution is -0.127. The third kappa shape index (κ3) is 4.94. The number of amides is 1. The first kappa shape index (κ1) is 18.6. The molecule has 3 rings (SSSR count). The predicted octanol–water partition coefficient (Wildman–Crippen LogP) is 3.48. The predicted molar refractivity (Wildman–Crippen MR) is 102 cm³/mol. The van der Waals surface area contributed by atoms with E-state index in [0.717, 1.165) is 11.1 Å². The zero-order valence-corrected chi connectivity index (χ0v) is 15.7. The number of nitrogens with zero attached hydrogens (tertiary/aromatic N) is 2. The number of hydrogen-bond donors (Lipinski definition) is 1. The molecule has 0 saturated carbocycles. The minimum Gasteiger partial charge on any atom is -0.481 e. The average molecular weight is 365 g/mol. The van der Waals surface area contributed by atoms with Crippen LogP contribution in [0.5, 0.6) is 5.75 Å². The lowest BCUT2D eigenvalue weighted by Crippen LogP contribution is -2.37. The summed E-state index contributed by atoms with van der Waals surface area (Å²) in [6.45, 7) is 6.18. The van der Waals surface area contributed by atoms with Crippen LogP contribution in [0.15, 0.2) is 53.1 Å². The van der Waals surface area contributed by atoms with E-state index in [1.165, 1.54) is 5.56 Å². The number of aryl methyl sites for hydroxylation is 2. The van der Waals surface area contributed by atoms with Gasteiger partial charge in [-0.25, -0.2) is 0 Å². The molecule has 1 aromatic heterocycles. The minimum atomic E-state index is -0.588. The number of rotatable bonds is 7. The zero-order chi connectivity index (χ0) is 19.2. The Kier molecular flexibility index (Phi) is 5.86. The van der Waals surface area contributed by atoms with Crippen LogP contribution in [0.25, 0.3) is 11.4 Å². The molecule has 0 aliphatic rings. The number of ether oxygens (including phenoxy) is 1. The first-order valence-corrected chi connectivity index (χ1v) is 8.92. The van der Waals surface area contributed by atoms with Crippen LogP contribution < -0.4 is 10.1 Å². The molecule has 6 nitrogen and oxygen atoms in total. The quantitative estimate of drug-likeness (QED) is 0.694. The molecular formula is C21H23N3O3. The van der Waals surface area contributed by atoms with Gasteiger partial charge in [-0.05, 0) is 44.0 Å². The maximum absolute atomic E-state index is 12.2. The molecule has 0 unspecified atom stereocenters. The third-order valence-electron chi connectivity index (χ3n) is 4.30. The summed E-state index contributed by atoms with van der Waals surface area (Å²) in [6.07, 6.45) is -0.128. The summed E-state index contributed by atoms with van der Waals surface area (Å²) in [7, 11) is 0. The molecule has 1 atom stereocenters. The molecule has 0 saturated heterocycles. The van der Waals surface area contributed by atoms with E-state index in [1.54, 1.807) is 6.92 Å². The first-order chi connectivity index (χ1) is 13.0. The summed E-state index contributed by atoms with van der Waals surface area (Å²) in [4.78, 5) is 16.6. The van der Waals surface area contributed by atoms with Crippen molar-refractivity contribution in [2.45, 2.75) is 33.3 Å². The molecule has 0 fully saturated rings. The maximum Gasteiger partial charge on any atom is 0.260 e. The number of aromatic nitrogens is 2. The van der Waals surface area contributed by atoms with E-state index in [2.05, 4.69) is 15.5 Å². The summed E-state index contributed by atoms with van der Waals surface area (Å²) in [5.41, 5.74) is 3.21. The van der Waals surface area contributed by atoms with Crippen LogP contribution in [0.2, 0.25) is 0 Å². The topological polar surface area (TPSA) is 77.2 Å². The van der Waals surface area contributed by atoms with Crippen molar-refractivity contribution in [3.05, 3.63) is 65.5 Å². The largest absolute Gasteiger partial charge is 0.481 e. The summed E-state index contributed by atoms with van der Waals surface area (Å²) >= 11 is 0. The number of nitrogens with one attached hydrogen (secondary N) is 1. The molecule has 1 heterocycles. The molecule has 0 spiro atoms. The second-order valence-electron chi connectivity index (χ2n) is 6.42. The average Bonchev–Trinajstić information content (AvgIpc) is 3.14. The molecule has 0 aliphatic carbocycles. The van der Waals surface area contributed by atoms with E-state index in [-0.39, 0.29) is 5.91 Å². The van der Waals surface area contributed by atoms with Crippen molar-refractivity contribution in [1.29, 1.82) is 0 Å². The third-order valence-corrected chi connectivity index (χ3v) is 4.30. The summed E-state index contributed by atoms with van der Waals surface area (Å²) in [5, 5.41) is 6.80. The summed E-state index contributed by atoms with van der Waals surface area (Å²) in [5.74, 6) is 1.53. The number of carbonyl (C=O) groups is 1. The SMILES string of the molecule is Cc1ccc(O[C@H](C)C(=O)NCCc2nc(-c3ccccc3)no2)cc1C. The van der Waals surface area contributed by atoms with E-state index in [1.807, 2.05) is 62.4 Å². The van der Waals surface area contributed by atoms with Gasteiger partial charge < -0.3 is 14.6 Å². The van der Waals surface area contributed by atoms with Crippen LogP contribution in [-0.2, 0) is 11.2 Å². The van der Waals surface area contributed by atoms with Crippen LogP contribution in [0.3, 0.4) is 0 Å². The number of hydrogen-bond acceptors (Lipinski definition) is 5. The highest BCUT2D eigenvalue weighted by Crippen LogP contribution is 2.18. The van der Waals surface area contributed by atoms with Gasteiger partial charge in [0.15, 0.2) is 6.10 Å². The number of benzene rings is 2. The van der Waals surface area contributed by atoms with Gasteiger partial charge in [-0.1, -0.05) is 41.6 Å². The maximum atomic E-state index is 12.2. The Morgan fingerprint density at radius 2 is 1.93 bits per heavy atom. The van der Waals surface area contributed by atoms with Crippen molar-refractivity contribution in [1.82, 2.24) is 15.5 Å². The lowest BCUT2D eigenvalue weighted by atomic mass is 10.1. The molecule has 0 radical (unpaired) electrons. The number of carbonyl (C=O) groups excluding carboxylic acids is 1. The molecule has 140 valence electrons. The van der Waals surface area contributed by atoms with Crippen molar-refractivity contribution in [2.24, 2.45) is 0 Å². The van der Waals surface area contributed by atoms with Crippen molar-refractivity contribution >= 4 is 5.91 Å². The molecule has 0 aliphatic heterocycles. The molecular weight excluding hydrogens is 342 g/mol. The molecule has 1 N–H and O–H groups in total. The molecule has 6 heteroatoms. The minimum absolute atomic E-state index is 0.184. The van der Waals surface area contributed by atoms with Crippen LogP contribution >= 0.6 is 0 Å². The van der Waals surface area contributed by atoms with Crippen LogP contribution in [0.4, 0.5) is 0 Å². The Morgan fingerprint density at radius 1 is 1.15 bits per heavy atom. The molecule has 0 bridgehead atoms. The van der Waals surface area contributed by atoms with Gasteiger partial charge in [0.25, 0.3) is 5.91 Å². The van der Waals surface area contributed by atoms with E-state index in [0.29, 0.717) is 30.4 Å². The Morgan fingerprint density at radius 3 is 2.67 bits per heavy atom. The highest BCUT2D eigenvalue weighted by molar-refractivity contribution is 5.80. The molecule has 27 heavy (non-hydrogen) atoms. The lowest BCUT2D eigenvalue weighted by Gasteiger charge is -2.15. The summed E-state index contributed by atoms with van der Waals surface area (Å²) in [6, 6.07) is 15.4. The standard InChI is InChI=1S/C21H23N3O3/c1-14-9-10-18(13-15(14)2)26-16(3)21(25)22-12-11-19-23-20(24-27-19)17-7-5-4-6-8-17/h4-10,13,16H,11-12H2,1-3H3,(H,22,25)/t16-/m1/s1. The normalized spacial score (nSPS) is 11.8. The van der Waals surface area contributed by atoms with Crippen molar-refractivity contribution < 1.29 is 14.1 Å². The smallest absolute Gasteiger partial charge is 0.260 e. The van der Waals surface area contributed by atoms with Gasteiger partial charge in [0.05, 0.1) is 0 Å². The fourth-order valence-electron chi connectivity index (χ4n) is 2.54. The van der Waals surface area contributed by atoms with Crippen LogP contribution in [0.1, 0.15) is 23.9 Å². The highest BCUT2D eigenvalue weighted by Gasteiger charge is 2.15. The zero-order valence-electron chi connectivity index (χ0n) is 15.7. The van der Waals surface area contributed by atoms with Crippen molar-refractivity contribution in [3.63, 3.8) is 0 Å².